The number of hydrogen-bond donors (Lipinski definition) is 2. The highest BCUT2D eigenvalue weighted by atomic mass is 32.2. The van der Waals surface area contributed by atoms with Crippen LogP contribution in [0.3, 0.4) is 0 Å². The molecule has 8 heteroatoms. The smallest absolute Gasteiger partial charge is 0.264 e. The SMILES string of the molecule is NC(=O)c1cccc(NC(=O)c2cccc(N(Cc3ccccc3)S(=O)(=O)c3ccccc3)c2)c1. The van der Waals surface area contributed by atoms with Crippen LogP contribution in [0.4, 0.5) is 11.4 Å². The Balaban J connectivity index is 1.69. The number of amides is 2. The standard InChI is InChI=1S/C27H23N3O4S/c28-26(31)21-11-7-13-23(17-21)29-27(32)22-12-8-14-24(18-22)30(19-20-9-3-1-4-10-20)35(33,34)25-15-5-2-6-16-25/h1-18H,19H2,(H2,28,31)(H,29,32). The average molecular weight is 486 g/mol. The predicted octanol–water partition coefficient (Wildman–Crippen LogP) is 4.43. The predicted molar refractivity (Wildman–Crippen MR) is 136 cm³/mol. The van der Waals surface area contributed by atoms with Gasteiger partial charge in [0.2, 0.25) is 5.91 Å². The summed E-state index contributed by atoms with van der Waals surface area (Å²) in [6.45, 7) is 0.0871. The van der Waals surface area contributed by atoms with E-state index in [1.807, 2.05) is 30.3 Å². The van der Waals surface area contributed by atoms with E-state index in [0.717, 1.165) is 5.56 Å². The van der Waals surface area contributed by atoms with Gasteiger partial charge in [-0.2, -0.15) is 0 Å². The van der Waals surface area contributed by atoms with Crippen LogP contribution in [0.5, 0.6) is 0 Å². The van der Waals surface area contributed by atoms with Crippen LogP contribution in [0.1, 0.15) is 26.3 Å². The number of nitrogens with two attached hydrogens (primary N) is 1. The molecule has 0 aliphatic rings. The monoisotopic (exact) mass is 485 g/mol. The third-order valence-electron chi connectivity index (χ3n) is 5.30. The number of sulfonamides is 1. The van der Waals surface area contributed by atoms with Crippen molar-refractivity contribution in [2.45, 2.75) is 11.4 Å². The molecule has 0 aliphatic carbocycles. The van der Waals surface area contributed by atoms with Crippen LogP contribution in [-0.4, -0.2) is 20.2 Å². The van der Waals surface area contributed by atoms with E-state index in [9.17, 15) is 18.0 Å². The van der Waals surface area contributed by atoms with Gasteiger partial charge in [-0.25, -0.2) is 8.42 Å². The zero-order chi connectivity index (χ0) is 24.8. The van der Waals surface area contributed by atoms with Gasteiger partial charge in [-0.1, -0.05) is 60.7 Å². The molecular formula is C27H23N3O4S. The highest BCUT2D eigenvalue weighted by molar-refractivity contribution is 7.92. The van der Waals surface area contributed by atoms with Gasteiger partial charge in [-0.05, 0) is 54.1 Å². The van der Waals surface area contributed by atoms with Crippen LogP contribution < -0.4 is 15.4 Å². The number of carbonyl (C=O) groups excluding carboxylic acids is 2. The van der Waals surface area contributed by atoms with Gasteiger partial charge < -0.3 is 11.1 Å². The Hall–Kier alpha value is -4.43. The second kappa shape index (κ2) is 10.2. The Bertz CT molecular complexity index is 1460. The molecule has 176 valence electrons. The Morgan fingerprint density at radius 2 is 1.37 bits per heavy atom. The summed E-state index contributed by atoms with van der Waals surface area (Å²) in [5.41, 5.74) is 7.37. The Labute approximate surface area is 203 Å². The van der Waals surface area contributed by atoms with Crippen molar-refractivity contribution in [3.8, 4) is 0 Å². The minimum absolute atomic E-state index is 0.0871. The fraction of sp³-hybridized carbons (Fsp3) is 0.0370. The molecule has 0 unspecified atom stereocenters. The molecule has 0 aromatic heterocycles. The molecule has 0 spiro atoms. The van der Waals surface area contributed by atoms with Crippen molar-refractivity contribution < 1.29 is 18.0 Å². The molecule has 0 aliphatic heterocycles. The van der Waals surface area contributed by atoms with Crippen molar-refractivity contribution in [2.24, 2.45) is 5.73 Å². The minimum Gasteiger partial charge on any atom is -0.366 e. The summed E-state index contributed by atoms with van der Waals surface area (Å²) >= 11 is 0. The molecule has 0 bridgehead atoms. The summed E-state index contributed by atoms with van der Waals surface area (Å²) in [4.78, 5) is 24.5. The quantitative estimate of drug-likeness (QED) is 0.385. The third-order valence-corrected chi connectivity index (χ3v) is 7.09. The molecular weight excluding hydrogens is 462 g/mol. The van der Waals surface area contributed by atoms with E-state index in [4.69, 9.17) is 5.73 Å². The summed E-state index contributed by atoms with van der Waals surface area (Å²) in [7, 11) is -3.92. The van der Waals surface area contributed by atoms with Gasteiger partial charge >= 0.3 is 0 Å². The lowest BCUT2D eigenvalue weighted by molar-refractivity contribution is 0.0996. The van der Waals surface area contributed by atoms with Crippen molar-refractivity contribution >= 4 is 33.2 Å². The summed E-state index contributed by atoms with van der Waals surface area (Å²) in [5.74, 6) is -1.06. The van der Waals surface area contributed by atoms with Gasteiger partial charge in [-0.3, -0.25) is 13.9 Å². The molecule has 0 saturated heterocycles. The highest BCUT2D eigenvalue weighted by Gasteiger charge is 2.25. The Kier molecular flexibility index (Phi) is 6.93. The molecule has 4 aromatic rings. The van der Waals surface area contributed by atoms with Crippen LogP contribution in [0.2, 0.25) is 0 Å². The van der Waals surface area contributed by atoms with Crippen LogP contribution in [0.25, 0.3) is 0 Å². The van der Waals surface area contributed by atoms with E-state index in [1.165, 1.54) is 28.6 Å². The molecule has 0 atom stereocenters. The maximum absolute atomic E-state index is 13.6. The van der Waals surface area contributed by atoms with E-state index < -0.39 is 21.8 Å². The maximum atomic E-state index is 13.6. The Morgan fingerprint density at radius 3 is 2.06 bits per heavy atom. The second-order valence-electron chi connectivity index (χ2n) is 7.76. The van der Waals surface area contributed by atoms with Crippen LogP contribution >= 0.6 is 0 Å². The molecule has 4 rings (SSSR count). The van der Waals surface area contributed by atoms with E-state index in [2.05, 4.69) is 5.32 Å². The first-order valence-corrected chi connectivity index (χ1v) is 12.2. The number of hydrogen-bond acceptors (Lipinski definition) is 4. The summed E-state index contributed by atoms with van der Waals surface area (Å²) in [6, 6.07) is 30.0. The highest BCUT2D eigenvalue weighted by Crippen LogP contribution is 2.27. The number of primary amides is 1. The van der Waals surface area contributed by atoms with E-state index in [0.29, 0.717) is 11.4 Å². The van der Waals surface area contributed by atoms with Gasteiger partial charge in [0.15, 0.2) is 0 Å². The molecule has 3 N–H and O–H groups in total. The van der Waals surface area contributed by atoms with Crippen LogP contribution in [0.15, 0.2) is 114 Å². The molecule has 35 heavy (non-hydrogen) atoms. The minimum atomic E-state index is -3.92. The topological polar surface area (TPSA) is 110 Å². The van der Waals surface area contributed by atoms with Crippen molar-refractivity contribution in [2.75, 3.05) is 9.62 Å². The van der Waals surface area contributed by atoms with Crippen LogP contribution in [-0.2, 0) is 16.6 Å². The lowest BCUT2D eigenvalue weighted by Crippen LogP contribution is -2.30. The van der Waals surface area contributed by atoms with Crippen molar-refractivity contribution in [3.05, 3.63) is 126 Å². The van der Waals surface area contributed by atoms with Gasteiger partial charge in [0.1, 0.15) is 0 Å². The molecule has 0 saturated carbocycles. The van der Waals surface area contributed by atoms with Gasteiger partial charge in [0, 0.05) is 16.8 Å². The zero-order valence-electron chi connectivity index (χ0n) is 18.7. The number of carbonyl (C=O) groups is 2. The number of benzene rings is 4. The number of anilines is 2. The van der Waals surface area contributed by atoms with Crippen molar-refractivity contribution in [3.63, 3.8) is 0 Å². The largest absolute Gasteiger partial charge is 0.366 e. The van der Waals surface area contributed by atoms with E-state index in [-0.39, 0.29) is 22.6 Å². The fourth-order valence-corrected chi connectivity index (χ4v) is 5.01. The molecule has 4 aromatic carbocycles. The van der Waals surface area contributed by atoms with Gasteiger partial charge in [-0.15, -0.1) is 0 Å². The fourth-order valence-electron chi connectivity index (χ4n) is 3.54. The molecule has 7 nitrogen and oxygen atoms in total. The first-order valence-electron chi connectivity index (χ1n) is 10.8. The Morgan fingerprint density at radius 1 is 0.743 bits per heavy atom. The van der Waals surface area contributed by atoms with Gasteiger partial charge in [0.05, 0.1) is 17.1 Å². The van der Waals surface area contributed by atoms with Gasteiger partial charge in [0.25, 0.3) is 15.9 Å². The number of nitrogens with zero attached hydrogens (tertiary/aromatic N) is 1. The lowest BCUT2D eigenvalue weighted by Gasteiger charge is -2.25. The normalized spacial score (nSPS) is 11.0. The lowest BCUT2D eigenvalue weighted by atomic mass is 10.1. The molecule has 2 amide bonds. The van der Waals surface area contributed by atoms with E-state index >= 15 is 0 Å². The summed E-state index contributed by atoms with van der Waals surface area (Å²) < 4.78 is 28.5. The summed E-state index contributed by atoms with van der Waals surface area (Å²) in [6.07, 6.45) is 0. The first kappa shape index (κ1) is 23.7. The zero-order valence-corrected chi connectivity index (χ0v) is 19.5. The average Bonchev–Trinajstić information content (AvgIpc) is 2.88. The maximum Gasteiger partial charge on any atom is 0.264 e. The van der Waals surface area contributed by atoms with Crippen LogP contribution in [0, 0.1) is 0 Å². The molecule has 0 heterocycles. The first-order chi connectivity index (χ1) is 16.8. The molecule has 0 fully saturated rings. The third kappa shape index (κ3) is 5.56. The second-order valence-corrected chi connectivity index (χ2v) is 9.62. The van der Waals surface area contributed by atoms with Crippen molar-refractivity contribution in [1.29, 1.82) is 0 Å². The van der Waals surface area contributed by atoms with E-state index in [1.54, 1.807) is 54.6 Å². The number of nitrogens with one attached hydrogen (secondary N) is 1. The molecule has 0 radical (unpaired) electrons. The van der Waals surface area contributed by atoms with Crippen molar-refractivity contribution in [1.82, 2.24) is 0 Å². The summed E-state index contributed by atoms with van der Waals surface area (Å²) in [5, 5.41) is 2.73. The number of rotatable bonds is 8.